The van der Waals surface area contributed by atoms with Crippen molar-refractivity contribution < 1.29 is 9.50 Å². The Kier molecular flexibility index (Phi) is 3.43. The minimum absolute atomic E-state index is 0.00139. The standard InChI is InChI=1S/C11H15FO/c1-8(2)10(7-13)9-5-3-4-6-11(9)12/h3-6,8,10,13H,7H2,1-2H3. The quantitative estimate of drug-likeness (QED) is 0.761. The Morgan fingerprint density at radius 3 is 2.38 bits per heavy atom. The van der Waals surface area contributed by atoms with Gasteiger partial charge in [0.05, 0.1) is 6.61 Å². The summed E-state index contributed by atoms with van der Waals surface area (Å²) in [5.41, 5.74) is 0.611. The molecule has 0 fully saturated rings. The van der Waals surface area contributed by atoms with Crippen molar-refractivity contribution in [2.45, 2.75) is 19.8 Å². The summed E-state index contributed by atoms with van der Waals surface area (Å²) in [6, 6.07) is 6.62. The van der Waals surface area contributed by atoms with E-state index in [2.05, 4.69) is 0 Å². The smallest absolute Gasteiger partial charge is 0.126 e. The Bertz CT molecular complexity index is 271. The molecular weight excluding hydrogens is 167 g/mol. The van der Waals surface area contributed by atoms with E-state index < -0.39 is 0 Å². The second kappa shape index (κ2) is 4.38. The molecule has 0 spiro atoms. The zero-order valence-corrected chi connectivity index (χ0v) is 8.00. The highest BCUT2D eigenvalue weighted by Gasteiger charge is 2.17. The lowest BCUT2D eigenvalue weighted by Crippen LogP contribution is -2.12. The van der Waals surface area contributed by atoms with Crippen molar-refractivity contribution >= 4 is 0 Å². The first-order chi connectivity index (χ1) is 6.16. The zero-order valence-electron chi connectivity index (χ0n) is 8.00. The van der Waals surface area contributed by atoms with E-state index in [1.165, 1.54) is 6.07 Å². The molecule has 0 saturated heterocycles. The number of hydrogen-bond acceptors (Lipinski definition) is 1. The number of benzene rings is 1. The lowest BCUT2D eigenvalue weighted by Gasteiger charge is -2.18. The van der Waals surface area contributed by atoms with E-state index in [9.17, 15) is 4.39 Å². The monoisotopic (exact) mass is 182 g/mol. The normalized spacial score (nSPS) is 13.3. The minimum atomic E-state index is -0.227. The number of aliphatic hydroxyl groups is 1. The molecule has 13 heavy (non-hydrogen) atoms. The van der Waals surface area contributed by atoms with Gasteiger partial charge in [0.25, 0.3) is 0 Å². The van der Waals surface area contributed by atoms with Crippen LogP contribution in [0.5, 0.6) is 0 Å². The summed E-state index contributed by atoms with van der Waals surface area (Å²) in [5.74, 6) is -0.0710. The Morgan fingerprint density at radius 1 is 1.31 bits per heavy atom. The van der Waals surface area contributed by atoms with Crippen molar-refractivity contribution in [3.63, 3.8) is 0 Å². The summed E-state index contributed by atoms with van der Waals surface area (Å²) < 4.78 is 13.3. The van der Waals surface area contributed by atoms with Crippen LogP contribution < -0.4 is 0 Å². The average Bonchev–Trinajstić information content (AvgIpc) is 2.09. The molecule has 0 aliphatic carbocycles. The zero-order chi connectivity index (χ0) is 9.84. The first-order valence-corrected chi connectivity index (χ1v) is 4.52. The summed E-state index contributed by atoms with van der Waals surface area (Å²) in [5, 5.41) is 9.11. The molecule has 1 rings (SSSR count). The maximum Gasteiger partial charge on any atom is 0.126 e. The van der Waals surface area contributed by atoms with Crippen molar-refractivity contribution in [2.75, 3.05) is 6.61 Å². The number of halogens is 1. The van der Waals surface area contributed by atoms with Crippen LogP contribution in [-0.2, 0) is 0 Å². The molecule has 1 aromatic carbocycles. The van der Waals surface area contributed by atoms with Gasteiger partial charge in [-0.05, 0) is 17.5 Å². The second-order valence-corrected chi connectivity index (χ2v) is 3.55. The van der Waals surface area contributed by atoms with E-state index in [1.54, 1.807) is 18.2 Å². The van der Waals surface area contributed by atoms with E-state index in [1.807, 2.05) is 13.8 Å². The largest absolute Gasteiger partial charge is 0.396 e. The molecule has 0 aliphatic rings. The predicted octanol–water partition coefficient (Wildman–Crippen LogP) is 2.56. The van der Waals surface area contributed by atoms with Gasteiger partial charge >= 0.3 is 0 Å². The Labute approximate surface area is 78.2 Å². The second-order valence-electron chi connectivity index (χ2n) is 3.55. The fraction of sp³-hybridized carbons (Fsp3) is 0.455. The molecule has 1 aromatic rings. The minimum Gasteiger partial charge on any atom is -0.396 e. The third kappa shape index (κ3) is 2.28. The van der Waals surface area contributed by atoms with Crippen LogP contribution in [0.4, 0.5) is 4.39 Å². The SMILES string of the molecule is CC(C)C(CO)c1ccccc1F. The van der Waals surface area contributed by atoms with Crippen molar-refractivity contribution in [1.29, 1.82) is 0 Å². The first kappa shape index (κ1) is 10.2. The van der Waals surface area contributed by atoms with Gasteiger partial charge in [-0.15, -0.1) is 0 Å². The average molecular weight is 182 g/mol. The van der Waals surface area contributed by atoms with Crippen molar-refractivity contribution in [2.24, 2.45) is 5.92 Å². The predicted molar refractivity (Wildman–Crippen MR) is 51.1 cm³/mol. The molecular formula is C11H15FO. The lowest BCUT2D eigenvalue weighted by atomic mass is 9.89. The summed E-state index contributed by atoms with van der Waals surface area (Å²) in [7, 11) is 0. The molecule has 0 bridgehead atoms. The maximum atomic E-state index is 13.3. The first-order valence-electron chi connectivity index (χ1n) is 4.52. The van der Waals surface area contributed by atoms with Gasteiger partial charge in [0.1, 0.15) is 5.82 Å². The summed E-state index contributed by atoms with van der Waals surface area (Å²) in [6.07, 6.45) is 0. The topological polar surface area (TPSA) is 20.2 Å². The van der Waals surface area contributed by atoms with Gasteiger partial charge in [-0.3, -0.25) is 0 Å². The third-order valence-corrected chi connectivity index (χ3v) is 2.31. The molecule has 1 nitrogen and oxygen atoms in total. The van der Waals surface area contributed by atoms with Gasteiger partial charge in [0.15, 0.2) is 0 Å². The number of rotatable bonds is 3. The molecule has 1 unspecified atom stereocenters. The Morgan fingerprint density at radius 2 is 1.92 bits per heavy atom. The molecule has 72 valence electrons. The Balaban J connectivity index is 2.97. The summed E-state index contributed by atoms with van der Waals surface area (Å²) >= 11 is 0. The molecule has 2 heteroatoms. The highest BCUT2D eigenvalue weighted by atomic mass is 19.1. The van der Waals surface area contributed by atoms with Gasteiger partial charge in [0.2, 0.25) is 0 Å². The van der Waals surface area contributed by atoms with Gasteiger partial charge in [-0.1, -0.05) is 32.0 Å². The van der Waals surface area contributed by atoms with Crippen LogP contribution in [0.3, 0.4) is 0 Å². The highest BCUT2D eigenvalue weighted by molar-refractivity contribution is 5.22. The van der Waals surface area contributed by atoms with Gasteiger partial charge < -0.3 is 5.11 Å². The van der Waals surface area contributed by atoms with Crippen LogP contribution in [0, 0.1) is 11.7 Å². The fourth-order valence-electron chi connectivity index (χ4n) is 1.44. The van der Waals surface area contributed by atoms with E-state index in [0.717, 1.165) is 0 Å². The lowest BCUT2D eigenvalue weighted by molar-refractivity contribution is 0.234. The van der Waals surface area contributed by atoms with Crippen LogP contribution in [0.25, 0.3) is 0 Å². The van der Waals surface area contributed by atoms with Crippen molar-refractivity contribution in [3.05, 3.63) is 35.6 Å². The number of hydrogen-bond donors (Lipinski definition) is 1. The van der Waals surface area contributed by atoms with Gasteiger partial charge in [-0.2, -0.15) is 0 Å². The van der Waals surface area contributed by atoms with Crippen molar-refractivity contribution in [3.8, 4) is 0 Å². The van der Waals surface area contributed by atoms with Crippen LogP contribution in [0.1, 0.15) is 25.3 Å². The third-order valence-electron chi connectivity index (χ3n) is 2.31. The summed E-state index contributed by atoms with van der Waals surface area (Å²) in [6.45, 7) is 3.96. The number of aliphatic hydroxyl groups excluding tert-OH is 1. The summed E-state index contributed by atoms with van der Waals surface area (Å²) in [4.78, 5) is 0. The van der Waals surface area contributed by atoms with E-state index >= 15 is 0 Å². The molecule has 0 heterocycles. The van der Waals surface area contributed by atoms with Crippen LogP contribution in [-0.4, -0.2) is 11.7 Å². The van der Waals surface area contributed by atoms with Crippen LogP contribution in [0.2, 0.25) is 0 Å². The fourth-order valence-corrected chi connectivity index (χ4v) is 1.44. The molecule has 0 aromatic heterocycles. The van der Waals surface area contributed by atoms with Gasteiger partial charge in [0, 0.05) is 5.92 Å². The Hall–Kier alpha value is -0.890. The van der Waals surface area contributed by atoms with E-state index in [-0.39, 0.29) is 24.3 Å². The van der Waals surface area contributed by atoms with Crippen LogP contribution >= 0.6 is 0 Å². The molecule has 0 aliphatic heterocycles. The maximum absolute atomic E-state index is 13.3. The van der Waals surface area contributed by atoms with E-state index in [0.29, 0.717) is 5.56 Å². The molecule has 0 amide bonds. The van der Waals surface area contributed by atoms with Crippen LogP contribution in [0.15, 0.2) is 24.3 Å². The molecule has 1 atom stereocenters. The van der Waals surface area contributed by atoms with E-state index in [4.69, 9.17) is 5.11 Å². The molecule has 0 saturated carbocycles. The van der Waals surface area contributed by atoms with Gasteiger partial charge in [-0.25, -0.2) is 4.39 Å². The highest BCUT2D eigenvalue weighted by Crippen LogP contribution is 2.25. The molecule has 0 radical (unpaired) electrons. The molecule has 1 N–H and O–H groups in total. The van der Waals surface area contributed by atoms with Crippen molar-refractivity contribution in [1.82, 2.24) is 0 Å².